The fourth-order valence-corrected chi connectivity index (χ4v) is 3.77. The maximum absolute atomic E-state index is 12.9. The number of hydrogen-bond acceptors (Lipinski definition) is 3. The number of halogens is 3. The third-order valence-electron chi connectivity index (χ3n) is 5.48. The van der Waals surface area contributed by atoms with Crippen molar-refractivity contribution in [3.8, 4) is 0 Å². The Balaban J connectivity index is 1.81. The number of carbonyl (C=O) groups excluding carboxylic acids is 1. The van der Waals surface area contributed by atoms with E-state index in [1.807, 2.05) is 0 Å². The van der Waals surface area contributed by atoms with Gasteiger partial charge >= 0.3 is 6.18 Å². The molecule has 3 N–H and O–H groups in total. The van der Waals surface area contributed by atoms with E-state index in [1.54, 1.807) is 13.8 Å². The highest BCUT2D eigenvalue weighted by molar-refractivity contribution is 5.90. The van der Waals surface area contributed by atoms with Gasteiger partial charge in [-0.1, -0.05) is 13.8 Å². The Morgan fingerprint density at radius 3 is 2.45 bits per heavy atom. The molecule has 114 valence electrons. The first-order valence-electron chi connectivity index (χ1n) is 6.86. The first kappa shape index (κ1) is 14.1. The lowest BCUT2D eigenvalue weighted by Crippen LogP contribution is -2.81. The SMILES string of the molecule is CC1(C)C2OCCC2C1(N)C(=O)NC1(C(F)(F)F)CC1. The predicted octanol–water partition coefficient (Wildman–Crippen LogP) is 1.34. The van der Waals surface area contributed by atoms with Crippen molar-refractivity contribution >= 4 is 5.91 Å². The molecule has 0 aromatic rings. The average Bonchev–Trinajstić information content (AvgIpc) is 2.96. The van der Waals surface area contributed by atoms with Crippen LogP contribution in [0.5, 0.6) is 0 Å². The maximum atomic E-state index is 12.9. The molecule has 3 rings (SSSR count). The Labute approximate surface area is 115 Å². The van der Waals surface area contributed by atoms with Gasteiger partial charge in [0.2, 0.25) is 5.91 Å². The van der Waals surface area contributed by atoms with E-state index >= 15 is 0 Å². The molecule has 2 aliphatic carbocycles. The Morgan fingerprint density at radius 1 is 1.35 bits per heavy atom. The summed E-state index contributed by atoms with van der Waals surface area (Å²) in [5, 5.41) is 2.17. The minimum Gasteiger partial charge on any atom is -0.377 e. The van der Waals surface area contributed by atoms with Crippen molar-refractivity contribution in [3.05, 3.63) is 0 Å². The van der Waals surface area contributed by atoms with Crippen molar-refractivity contribution in [3.63, 3.8) is 0 Å². The second-order valence-electron chi connectivity index (χ2n) is 6.81. The Hall–Kier alpha value is -0.820. The van der Waals surface area contributed by atoms with E-state index in [-0.39, 0.29) is 24.9 Å². The molecule has 0 spiro atoms. The summed E-state index contributed by atoms with van der Waals surface area (Å²) in [4.78, 5) is 12.4. The van der Waals surface area contributed by atoms with Crippen LogP contribution in [0.15, 0.2) is 0 Å². The van der Waals surface area contributed by atoms with Gasteiger partial charge in [0.05, 0.1) is 6.10 Å². The summed E-state index contributed by atoms with van der Waals surface area (Å²) >= 11 is 0. The number of nitrogens with one attached hydrogen (secondary N) is 1. The van der Waals surface area contributed by atoms with Crippen LogP contribution in [0.1, 0.15) is 33.1 Å². The van der Waals surface area contributed by atoms with Crippen molar-refractivity contribution in [1.82, 2.24) is 5.32 Å². The van der Waals surface area contributed by atoms with E-state index < -0.39 is 28.6 Å². The molecular weight excluding hydrogens is 273 g/mol. The molecule has 0 bridgehead atoms. The van der Waals surface area contributed by atoms with E-state index in [1.165, 1.54) is 0 Å². The molecule has 7 heteroatoms. The van der Waals surface area contributed by atoms with Crippen molar-refractivity contribution in [1.29, 1.82) is 0 Å². The van der Waals surface area contributed by atoms with E-state index in [2.05, 4.69) is 5.32 Å². The van der Waals surface area contributed by atoms with E-state index in [9.17, 15) is 18.0 Å². The average molecular weight is 292 g/mol. The van der Waals surface area contributed by atoms with Crippen molar-refractivity contribution in [2.45, 2.75) is 56.5 Å². The summed E-state index contributed by atoms with van der Waals surface area (Å²) in [6.07, 6.45) is -4.07. The lowest BCUT2D eigenvalue weighted by atomic mass is 9.48. The summed E-state index contributed by atoms with van der Waals surface area (Å²) in [6, 6.07) is 0. The van der Waals surface area contributed by atoms with Crippen LogP contribution in [0.3, 0.4) is 0 Å². The number of ether oxygens (including phenoxy) is 1. The highest BCUT2D eigenvalue weighted by atomic mass is 19.4. The lowest BCUT2D eigenvalue weighted by Gasteiger charge is -2.60. The Morgan fingerprint density at radius 2 is 1.95 bits per heavy atom. The van der Waals surface area contributed by atoms with Crippen LogP contribution in [0.4, 0.5) is 13.2 Å². The zero-order valence-corrected chi connectivity index (χ0v) is 11.5. The lowest BCUT2D eigenvalue weighted by molar-refractivity contribution is -0.190. The van der Waals surface area contributed by atoms with Crippen molar-refractivity contribution < 1.29 is 22.7 Å². The molecule has 1 aliphatic heterocycles. The summed E-state index contributed by atoms with van der Waals surface area (Å²) in [6.45, 7) is 4.08. The molecule has 1 heterocycles. The molecule has 1 saturated heterocycles. The number of carbonyl (C=O) groups is 1. The zero-order valence-electron chi connectivity index (χ0n) is 11.5. The second-order valence-corrected chi connectivity index (χ2v) is 6.81. The molecule has 4 nitrogen and oxygen atoms in total. The summed E-state index contributed by atoms with van der Waals surface area (Å²) in [7, 11) is 0. The maximum Gasteiger partial charge on any atom is 0.411 e. The highest BCUT2D eigenvalue weighted by Gasteiger charge is 2.73. The minimum atomic E-state index is -4.42. The monoisotopic (exact) mass is 292 g/mol. The van der Waals surface area contributed by atoms with Gasteiger partial charge in [-0.05, 0) is 19.3 Å². The van der Waals surface area contributed by atoms with Gasteiger partial charge in [0.1, 0.15) is 11.1 Å². The highest BCUT2D eigenvalue weighted by Crippen LogP contribution is 2.59. The predicted molar refractivity (Wildman–Crippen MR) is 64.7 cm³/mol. The zero-order chi connectivity index (χ0) is 15.0. The largest absolute Gasteiger partial charge is 0.411 e. The van der Waals surface area contributed by atoms with Crippen molar-refractivity contribution in [2.24, 2.45) is 17.1 Å². The number of alkyl halides is 3. The third kappa shape index (κ3) is 1.48. The standard InChI is InChI=1S/C13H19F3N2O2/c1-10(2)8-7(3-6-20-8)12(10,17)9(19)18-11(4-5-11)13(14,15)16/h7-8H,3-6,17H2,1-2H3,(H,18,19). The molecule has 0 aromatic carbocycles. The van der Waals surface area contributed by atoms with Gasteiger partial charge < -0.3 is 15.8 Å². The van der Waals surface area contributed by atoms with Crippen LogP contribution >= 0.6 is 0 Å². The van der Waals surface area contributed by atoms with Gasteiger partial charge in [-0.2, -0.15) is 13.2 Å². The molecule has 0 radical (unpaired) electrons. The van der Waals surface area contributed by atoms with E-state index in [0.29, 0.717) is 13.0 Å². The Kier molecular flexibility index (Phi) is 2.60. The molecule has 0 aromatic heterocycles. The first-order valence-corrected chi connectivity index (χ1v) is 6.86. The smallest absolute Gasteiger partial charge is 0.377 e. The van der Waals surface area contributed by atoms with E-state index in [4.69, 9.17) is 10.5 Å². The third-order valence-corrected chi connectivity index (χ3v) is 5.48. The number of rotatable bonds is 2. The van der Waals surface area contributed by atoms with Crippen LogP contribution < -0.4 is 11.1 Å². The molecular formula is C13H19F3N2O2. The number of fused-ring (bicyclic) bond motifs is 1. The Bertz CT molecular complexity index is 459. The molecule has 3 atom stereocenters. The topological polar surface area (TPSA) is 64.3 Å². The van der Waals surface area contributed by atoms with Crippen LogP contribution in [0, 0.1) is 11.3 Å². The fourth-order valence-electron chi connectivity index (χ4n) is 3.77. The summed E-state index contributed by atoms with van der Waals surface area (Å²) in [5.41, 5.74) is 2.23. The van der Waals surface area contributed by atoms with Gasteiger partial charge in [0, 0.05) is 17.9 Å². The molecule has 20 heavy (non-hydrogen) atoms. The molecule has 3 aliphatic rings. The van der Waals surface area contributed by atoms with Gasteiger partial charge in [0.25, 0.3) is 0 Å². The number of hydrogen-bond donors (Lipinski definition) is 2. The molecule has 2 saturated carbocycles. The molecule has 1 amide bonds. The summed E-state index contributed by atoms with van der Waals surface area (Å²) in [5.74, 6) is -0.884. The van der Waals surface area contributed by atoms with Gasteiger partial charge in [0.15, 0.2) is 0 Å². The molecule has 3 unspecified atom stereocenters. The molecule has 3 fully saturated rings. The first-order chi connectivity index (χ1) is 9.06. The second kappa shape index (κ2) is 3.68. The van der Waals surface area contributed by atoms with Crippen LogP contribution in [-0.2, 0) is 9.53 Å². The van der Waals surface area contributed by atoms with Crippen LogP contribution in [0.25, 0.3) is 0 Å². The fraction of sp³-hybridized carbons (Fsp3) is 0.923. The normalized spacial score (nSPS) is 40.7. The quantitative estimate of drug-likeness (QED) is 0.807. The van der Waals surface area contributed by atoms with Gasteiger partial charge in [-0.3, -0.25) is 4.79 Å². The number of nitrogens with two attached hydrogens (primary N) is 1. The van der Waals surface area contributed by atoms with Gasteiger partial charge in [-0.15, -0.1) is 0 Å². The van der Waals surface area contributed by atoms with Crippen LogP contribution in [-0.4, -0.2) is 35.9 Å². The van der Waals surface area contributed by atoms with Crippen LogP contribution in [0.2, 0.25) is 0 Å². The summed E-state index contributed by atoms with van der Waals surface area (Å²) < 4.78 is 44.4. The minimum absolute atomic E-state index is 0.0661. The van der Waals surface area contributed by atoms with E-state index in [0.717, 1.165) is 0 Å². The van der Waals surface area contributed by atoms with Crippen molar-refractivity contribution in [2.75, 3.05) is 6.61 Å². The number of amides is 1. The van der Waals surface area contributed by atoms with Gasteiger partial charge in [-0.25, -0.2) is 0 Å².